The van der Waals surface area contributed by atoms with Crippen LogP contribution < -0.4 is 5.32 Å². The molecule has 0 bridgehead atoms. The van der Waals surface area contributed by atoms with Crippen LogP contribution in [0.4, 0.5) is 0 Å². The minimum absolute atomic E-state index is 0.468. The van der Waals surface area contributed by atoms with Gasteiger partial charge in [-0.05, 0) is 66.1 Å². The number of rotatable bonds is 7. The van der Waals surface area contributed by atoms with Crippen LogP contribution in [0.15, 0.2) is 36.9 Å². The van der Waals surface area contributed by atoms with E-state index in [9.17, 15) is 0 Å². The Morgan fingerprint density at radius 2 is 2.06 bits per heavy atom. The van der Waals surface area contributed by atoms with Crippen LogP contribution in [-0.4, -0.2) is 6.54 Å². The third-order valence-corrected chi connectivity index (χ3v) is 3.29. The number of hydrogen-bond donors (Lipinski definition) is 1. The highest BCUT2D eigenvalue weighted by Gasteiger charge is 2.08. The summed E-state index contributed by atoms with van der Waals surface area (Å²) in [5, 5.41) is 3.59. The second-order valence-corrected chi connectivity index (χ2v) is 5.17. The van der Waals surface area contributed by atoms with Crippen LogP contribution in [0.25, 0.3) is 0 Å². The van der Waals surface area contributed by atoms with E-state index in [1.165, 1.54) is 15.6 Å². The maximum atomic E-state index is 3.79. The smallest absolute Gasteiger partial charge is 0.0323 e. The largest absolute Gasteiger partial charge is 0.310 e. The van der Waals surface area contributed by atoms with Gasteiger partial charge in [-0.25, -0.2) is 0 Å². The van der Waals surface area contributed by atoms with Gasteiger partial charge in [-0.15, -0.1) is 6.58 Å². The van der Waals surface area contributed by atoms with Crippen LogP contribution in [0.5, 0.6) is 0 Å². The van der Waals surface area contributed by atoms with Gasteiger partial charge in [-0.1, -0.05) is 25.1 Å². The summed E-state index contributed by atoms with van der Waals surface area (Å²) in [7, 11) is 0. The first-order chi connectivity index (χ1) is 7.77. The first kappa shape index (κ1) is 13.7. The van der Waals surface area contributed by atoms with E-state index in [1.54, 1.807) is 0 Å². The first-order valence-corrected chi connectivity index (χ1v) is 6.95. The van der Waals surface area contributed by atoms with Crippen molar-refractivity contribution in [3.05, 3.63) is 46.1 Å². The summed E-state index contributed by atoms with van der Waals surface area (Å²) in [6.07, 6.45) is 5.36. The van der Waals surface area contributed by atoms with Crippen molar-refractivity contribution >= 4 is 22.6 Å². The number of hydrogen-bond acceptors (Lipinski definition) is 1. The Bertz CT molecular complexity index is 305. The molecular formula is C14H20IN. The Labute approximate surface area is 112 Å². The highest BCUT2D eigenvalue weighted by atomic mass is 127. The van der Waals surface area contributed by atoms with Gasteiger partial charge >= 0.3 is 0 Å². The standard InChI is InChI=1S/C14H20IN/c1-3-5-6-14(16-11-4-2)12-7-9-13(15)10-8-12/h3,7-10,14,16H,1,4-6,11H2,2H3. The van der Waals surface area contributed by atoms with Crippen LogP contribution in [-0.2, 0) is 0 Å². The van der Waals surface area contributed by atoms with Crippen molar-refractivity contribution in [2.75, 3.05) is 6.54 Å². The lowest BCUT2D eigenvalue weighted by Gasteiger charge is -2.18. The fourth-order valence-corrected chi connectivity index (χ4v) is 2.04. The maximum Gasteiger partial charge on any atom is 0.0323 e. The SMILES string of the molecule is C=CCCC(NCCC)c1ccc(I)cc1. The van der Waals surface area contributed by atoms with Gasteiger partial charge in [0.2, 0.25) is 0 Å². The third kappa shape index (κ3) is 4.66. The lowest BCUT2D eigenvalue weighted by molar-refractivity contribution is 0.503. The molecule has 1 rings (SSSR count). The molecule has 1 atom stereocenters. The van der Waals surface area contributed by atoms with E-state index < -0.39 is 0 Å². The fourth-order valence-electron chi connectivity index (χ4n) is 1.68. The number of allylic oxidation sites excluding steroid dienone is 1. The number of benzene rings is 1. The minimum Gasteiger partial charge on any atom is -0.310 e. The van der Waals surface area contributed by atoms with Gasteiger partial charge in [0, 0.05) is 9.61 Å². The summed E-state index contributed by atoms with van der Waals surface area (Å²) in [4.78, 5) is 0. The number of halogens is 1. The Morgan fingerprint density at radius 3 is 2.62 bits per heavy atom. The highest BCUT2D eigenvalue weighted by Crippen LogP contribution is 2.19. The normalized spacial score (nSPS) is 12.4. The molecule has 0 saturated carbocycles. The molecule has 0 aliphatic carbocycles. The summed E-state index contributed by atoms with van der Waals surface area (Å²) in [5.74, 6) is 0. The lowest BCUT2D eigenvalue weighted by atomic mass is 10.0. The molecule has 1 N–H and O–H groups in total. The Kier molecular flexibility index (Phi) is 6.73. The third-order valence-electron chi connectivity index (χ3n) is 2.57. The zero-order valence-electron chi connectivity index (χ0n) is 9.88. The van der Waals surface area contributed by atoms with Crippen LogP contribution in [0, 0.1) is 3.57 Å². The predicted octanol–water partition coefficient (Wildman–Crippen LogP) is 4.30. The van der Waals surface area contributed by atoms with E-state index in [0.717, 1.165) is 19.4 Å². The van der Waals surface area contributed by atoms with Crippen molar-refractivity contribution in [3.8, 4) is 0 Å². The first-order valence-electron chi connectivity index (χ1n) is 5.87. The van der Waals surface area contributed by atoms with Gasteiger partial charge in [0.1, 0.15) is 0 Å². The van der Waals surface area contributed by atoms with Gasteiger partial charge in [0.25, 0.3) is 0 Å². The summed E-state index contributed by atoms with van der Waals surface area (Å²) in [6, 6.07) is 9.25. The van der Waals surface area contributed by atoms with Crippen molar-refractivity contribution in [1.29, 1.82) is 0 Å². The van der Waals surface area contributed by atoms with E-state index in [4.69, 9.17) is 0 Å². The summed E-state index contributed by atoms with van der Waals surface area (Å²) in [6.45, 7) is 7.07. The molecule has 88 valence electrons. The quantitative estimate of drug-likeness (QED) is 0.581. The van der Waals surface area contributed by atoms with Gasteiger partial charge < -0.3 is 5.32 Å². The molecule has 0 saturated heterocycles. The maximum absolute atomic E-state index is 3.79. The highest BCUT2D eigenvalue weighted by molar-refractivity contribution is 14.1. The van der Waals surface area contributed by atoms with Gasteiger partial charge in [-0.2, -0.15) is 0 Å². The molecule has 0 fully saturated rings. The lowest BCUT2D eigenvalue weighted by Crippen LogP contribution is -2.21. The van der Waals surface area contributed by atoms with E-state index in [0.29, 0.717) is 6.04 Å². The van der Waals surface area contributed by atoms with E-state index in [2.05, 4.69) is 65.7 Å². The molecule has 0 heterocycles. The second-order valence-electron chi connectivity index (χ2n) is 3.92. The van der Waals surface area contributed by atoms with E-state index in [-0.39, 0.29) is 0 Å². The minimum atomic E-state index is 0.468. The molecule has 1 aromatic carbocycles. The molecule has 1 nitrogen and oxygen atoms in total. The fraction of sp³-hybridized carbons (Fsp3) is 0.429. The second kappa shape index (κ2) is 7.85. The molecule has 0 aromatic heterocycles. The van der Waals surface area contributed by atoms with Crippen molar-refractivity contribution in [2.45, 2.75) is 32.2 Å². The monoisotopic (exact) mass is 329 g/mol. The average Bonchev–Trinajstić information content (AvgIpc) is 2.31. The predicted molar refractivity (Wildman–Crippen MR) is 79.6 cm³/mol. The Hall–Kier alpha value is -0.350. The van der Waals surface area contributed by atoms with E-state index in [1.807, 2.05) is 6.08 Å². The summed E-state index contributed by atoms with van der Waals surface area (Å²) >= 11 is 2.34. The number of nitrogens with one attached hydrogen (secondary N) is 1. The van der Waals surface area contributed by atoms with Gasteiger partial charge in [0.05, 0.1) is 0 Å². The molecule has 1 unspecified atom stereocenters. The van der Waals surface area contributed by atoms with Crippen LogP contribution >= 0.6 is 22.6 Å². The van der Waals surface area contributed by atoms with Crippen molar-refractivity contribution in [1.82, 2.24) is 5.32 Å². The molecule has 0 amide bonds. The summed E-state index contributed by atoms with van der Waals surface area (Å²) in [5.41, 5.74) is 1.38. The molecule has 16 heavy (non-hydrogen) atoms. The summed E-state index contributed by atoms with van der Waals surface area (Å²) < 4.78 is 1.29. The topological polar surface area (TPSA) is 12.0 Å². The zero-order valence-corrected chi connectivity index (χ0v) is 12.0. The van der Waals surface area contributed by atoms with Gasteiger partial charge in [0.15, 0.2) is 0 Å². The van der Waals surface area contributed by atoms with Crippen LogP contribution in [0.1, 0.15) is 37.8 Å². The molecule has 2 heteroatoms. The van der Waals surface area contributed by atoms with Gasteiger partial charge in [-0.3, -0.25) is 0 Å². The van der Waals surface area contributed by atoms with E-state index >= 15 is 0 Å². The Balaban J connectivity index is 2.66. The van der Waals surface area contributed by atoms with Crippen LogP contribution in [0.2, 0.25) is 0 Å². The van der Waals surface area contributed by atoms with Crippen molar-refractivity contribution < 1.29 is 0 Å². The molecule has 0 radical (unpaired) electrons. The zero-order chi connectivity index (χ0) is 11.8. The van der Waals surface area contributed by atoms with Crippen molar-refractivity contribution in [2.24, 2.45) is 0 Å². The molecular weight excluding hydrogens is 309 g/mol. The van der Waals surface area contributed by atoms with Crippen molar-refractivity contribution in [3.63, 3.8) is 0 Å². The van der Waals surface area contributed by atoms with Crippen LogP contribution in [0.3, 0.4) is 0 Å². The average molecular weight is 329 g/mol. The molecule has 1 aromatic rings. The molecule has 0 spiro atoms. The molecule has 0 aliphatic heterocycles. The Morgan fingerprint density at radius 1 is 1.38 bits per heavy atom. The molecule has 0 aliphatic rings.